The average molecular weight is 424 g/mol. The molecule has 2 aromatic rings. The summed E-state index contributed by atoms with van der Waals surface area (Å²) in [6, 6.07) is 5.63. The van der Waals surface area contributed by atoms with E-state index in [1.807, 2.05) is 0 Å². The van der Waals surface area contributed by atoms with Crippen LogP contribution in [0.15, 0.2) is 51.8 Å². The first kappa shape index (κ1) is 18.1. The number of sulfonamides is 1. The summed E-state index contributed by atoms with van der Waals surface area (Å²) in [4.78, 5) is 30.4. The SMILES string of the molecule is O=C1[C@H]2CC=C(Cl)C[C@H]2C(=O)N1c1ccc(S(=O)(=O)Nc2nccs2)cc1. The molecule has 4 rings (SSSR count). The van der Waals surface area contributed by atoms with Crippen LogP contribution in [0.2, 0.25) is 0 Å². The lowest BCUT2D eigenvalue weighted by Gasteiger charge is -2.17. The highest BCUT2D eigenvalue weighted by Gasteiger charge is 2.48. The number of fused-ring (bicyclic) bond motifs is 1. The monoisotopic (exact) mass is 423 g/mol. The summed E-state index contributed by atoms with van der Waals surface area (Å²) in [5, 5.41) is 2.51. The molecule has 10 heteroatoms. The number of imide groups is 1. The van der Waals surface area contributed by atoms with Crippen molar-refractivity contribution in [1.29, 1.82) is 0 Å². The summed E-state index contributed by atoms with van der Waals surface area (Å²) >= 11 is 7.19. The van der Waals surface area contributed by atoms with Crippen LogP contribution in [0.4, 0.5) is 10.8 Å². The maximum absolute atomic E-state index is 12.7. The van der Waals surface area contributed by atoms with Gasteiger partial charge >= 0.3 is 0 Å². The molecule has 2 aliphatic rings. The molecular formula is C17H14ClN3O4S2. The van der Waals surface area contributed by atoms with Crippen LogP contribution < -0.4 is 9.62 Å². The van der Waals surface area contributed by atoms with E-state index in [0.717, 1.165) is 4.90 Å². The van der Waals surface area contributed by atoms with Crippen molar-refractivity contribution in [3.63, 3.8) is 0 Å². The van der Waals surface area contributed by atoms with Crippen LogP contribution in [0.25, 0.3) is 0 Å². The number of anilines is 2. The second kappa shape index (κ2) is 6.74. The second-order valence-corrected chi connectivity index (χ2v) is 9.31. The number of hydrogen-bond donors (Lipinski definition) is 1. The maximum Gasteiger partial charge on any atom is 0.263 e. The summed E-state index contributed by atoms with van der Waals surface area (Å²) in [5.41, 5.74) is 0.351. The van der Waals surface area contributed by atoms with Crippen molar-refractivity contribution in [2.75, 3.05) is 9.62 Å². The molecule has 0 bridgehead atoms. The van der Waals surface area contributed by atoms with Gasteiger partial charge in [0.2, 0.25) is 11.8 Å². The maximum atomic E-state index is 12.7. The molecule has 27 heavy (non-hydrogen) atoms. The largest absolute Gasteiger partial charge is 0.274 e. The number of carbonyl (C=O) groups excluding carboxylic acids is 2. The Hall–Kier alpha value is -2.23. The molecule has 1 fully saturated rings. The minimum Gasteiger partial charge on any atom is -0.274 e. The van der Waals surface area contributed by atoms with Gasteiger partial charge in [-0.3, -0.25) is 19.2 Å². The Labute approximate surface area is 164 Å². The third kappa shape index (κ3) is 3.26. The van der Waals surface area contributed by atoms with Crippen molar-refractivity contribution in [1.82, 2.24) is 4.98 Å². The van der Waals surface area contributed by atoms with E-state index in [1.54, 1.807) is 11.5 Å². The second-order valence-electron chi connectivity index (χ2n) is 6.25. The molecule has 2 amide bonds. The van der Waals surface area contributed by atoms with Gasteiger partial charge < -0.3 is 0 Å². The van der Waals surface area contributed by atoms with Gasteiger partial charge in [-0.1, -0.05) is 17.7 Å². The third-order valence-electron chi connectivity index (χ3n) is 4.63. The number of nitrogens with one attached hydrogen (secondary N) is 1. The predicted molar refractivity (Wildman–Crippen MR) is 102 cm³/mol. The minimum absolute atomic E-state index is 0.0164. The molecule has 1 aliphatic carbocycles. The molecule has 140 valence electrons. The van der Waals surface area contributed by atoms with Gasteiger partial charge in [-0.25, -0.2) is 13.4 Å². The van der Waals surface area contributed by atoms with Crippen LogP contribution in [0, 0.1) is 11.8 Å². The zero-order valence-electron chi connectivity index (χ0n) is 13.8. The van der Waals surface area contributed by atoms with Crippen LogP contribution in [0.1, 0.15) is 12.8 Å². The Morgan fingerprint density at radius 3 is 2.52 bits per heavy atom. The fraction of sp³-hybridized carbons (Fsp3) is 0.235. The number of nitrogens with zero attached hydrogens (tertiary/aromatic N) is 2. The van der Waals surface area contributed by atoms with Crippen LogP contribution in [-0.4, -0.2) is 25.2 Å². The number of halogens is 1. The first-order valence-electron chi connectivity index (χ1n) is 8.11. The summed E-state index contributed by atoms with van der Waals surface area (Å²) in [7, 11) is -3.79. The van der Waals surface area contributed by atoms with Crippen molar-refractivity contribution in [3.05, 3.63) is 47.0 Å². The van der Waals surface area contributed by atoms with Gasteiger partial charge in [0.05, 0.1) is 22.4 Å². The highest BCUT2D eigenvalue weighted by Crippen LogP contribution is 2.40. The van der Waals surface area contributed by atoms with E-state index in [-0.39, 0.29) is 21.8 Å². The smallest absolute Gasteiger partial charge is 0.263 e. The molecule has 7 nitrogen and oxygen atoms in total. The summed E-state index contributed by atoms with van der Waals surface area (Å²) in [6.07, 6.45) is 4.07. The van der Waals surface area contributed by atoms with Crippen LogP contribution in [-0.2, 0) is 19.6 Å². The number of aromatic nitrogens is 1. The van der Waals surface area contributed by atoms with Crippen molar-refractivity contribution < 1.29 is 18.0 Å². The van der Waals surface area contributed by atoms with Gasteiger partial charge in [-0.15, -0.1) is 11.3 Å². The van der Waals surface area contributed by atoms with Gasteiger partial charge in [0.25, 0.3) is 10.0 Å². The summed E-state index contributed by atoms with van der Waals surface area (Å²) < 4.78 is 27.2. The number of thiazole rings is 1. The number of carbonyl (C=O) groups is 2. The molecule has 0 unspecified atom stereocenters. The van der Waals surface area contributed by atoms with Crippen molar-refractivity contribution >= 4 is 55.6 Å². The Morgan fingerprint density at radius 1 is 1.15 bits per heavy atom. The molecule has 2 heterocycles. The number of allylic oxidation sites excluding steroid dienone is 2. The first-order valence-corrected chi connectivity index (χ1v) is 10.9. The zero-order chi connectivity index (χ0) is 19.2. The molecule has 1 aliphatic heterocycles. The lowest BCUT2D eigenvalue weighted by Crippen LogP contribution is -2.30. The topological polar surface area (TPSA) is 96.4 Å². The number of rotatable bonds is 4. The lowest BCUT2D eigenvalue weighted by molar-refractivity contribution is -0.122. The van der Waals surface area contributed by atoms with Gasteiger partial charge in [0, 0.05) is 16.6 Å². The molecule has 0 spiro atoms. The third-order valence-corrected chi connectivity index (χ3v) is 7.11. The Bertz CT molecular complexity index is 1030. The highest BCUT2D eigenvalue weighted by atomic mass is 35.5. The quantitative estimate of drug-likeness (QED) is 0.762. The van der Waals surface area contributed by atoms with Gasteiger partial charge in [0.15, 0.2) is 5.13 Å². The van der Waals surface area contributed by atoms with Gasteiger partial charge in [-0.05, 0) is 37.1 Å². The fourth-order valence-electron chi connectivity index (χ4n) is 3.30. The van der Waals surface area contributed by atoms with E-state index in [9.17, 15) is 18.0 Å². The van der Waals surface area contributed by atoms with Gasteiger partial charge in [0.1, 0.15) is 0 Å². The Morgan fingerprint density at radius 2 is 1.85 bits per heavy atom. The summed E-state index contributed by atoms with van der Waals surface area (Å²) in [5.74, 6) is -1.44. The molecule has 1 saturated heterocycles. The van der Waals surface area contributed by atoms with E-state index in [2.05, 4.69) is 9.71 Å². The van der Waals surface area contributed by atoms with E-state index >= 15 is 0 Å². The average Bonchev–Trinajstić information content (AvgIpc) is 3.22. The van der Waals surface area contributed by atoms with E-state index < -0.39 is 21.9 Å². The van der Waals surface area contributed by atoms with E-state index in [4.69, 9.17) is 11.6 Å². The Balaban J connectivity index is 1.58. The zero-order valence-corrected chi connectivity index (χ0v) is 16.2. The van der Waals surface area contributed by atoms with E-state index in [1.165, 1.54) is 41.8 Å². The molecule has 1 aromatic carbocycles. The minimum atomic E-state index is -3.79. The normalized spacial score (nSPS) is 22.6. The predicted octanol–water partition coefficient (Wildman–Crippen LogP) is 2.97. The molecule has 0 saturated carbocycles. The molecule has 0 radical (unpaired) electrons. The van der Waals surface area contributed by atoms with Crippen molar-refractivity contribution in [2.24, 2.45) is 11.8 Å². The van der Waals surface area contributed by atoms with Crippen LogP contribution in [0.5, 0.6) is 0 Å². The number of amides is 2. The van der Waals surface area contributed by atoms with Crippen LogP contribution in [0.3, 0.4) is 0 Å². The van der Waals surface area contributed by atoms with E-state index in [0.29, 0.717) is 23.6 Å². The standard InChI is InChI=1S/C17H14ClN3O4S2/c18-10-1-6-13-14(9-10)16(23)21(15(13)22)11-2-4-12(5-3-11)27(24,25)20-17-19-7-8-26-17/h1-5,7-8,13-14H,6,9H2,(H,19,20)/t13-,14+/m0/s1. The molecule has 1 N–H and O–H groups in total. The number of hydrogen-bond acceptors (Lipinski definition) is 6. The van der Waals surface area contributed by atoms with Crippen molar-refractivity contribution in [2.45, 2.75) is 17.7 Å². The van der Waals surface area contributed by atoms with Gasteiger partial charge in [-0.2, -0.15) is 0 Å². The highest BCUT2D eigenvalue weighted by molar-refractivity contribution is 7.93. The molecule has 2 atom stereocenters. The fourth-order valence-corrected chi connectivity index (χ4v) is 5.35. The lowest BCUT2D eigenvalue weighted by atomic mass is 9.85. The molecule has 1 aromatic heterocycles. The van der Waals surface area contributed by atoms with Crippen LogP contribution >= 0.6 is 22.9 Å². The Kier molecular flexibility index (Phi) is 4.53. The molecular weight excluding hydrogens is 410 g/mol. The first-order chi connectivity index (χ1) is 12.9. The number of benzene rings is 1. The van der Waals surface area contributed by atoms with Crippen molar-refractivity contribution in [3.8, 4) is 0 Å². The summed E-state index contributed by atoms with van der Waals surface area (Å²) in [6.45, 7) is 0.